The summed E-state index contributed by atoms with van der Waals surface area (Å²) in [6.07, 6.45) is 0.810. The maximum atomic E-state index is 13.4. The van der Waals surface area contributed by atoms with Crippen LogP contribution in [0.2, 0.25) is 0 Å². The van der Waals surface area contributed by atoms with Crippen LogP contribution in [0.5, 0.6) is 0 Å². The van der Waals surface area contributed by atoms with E-state index in [4.69, 9.17) is 0 Å². The summed E-state index contributed by atoms with van der Waals surface area (Å²) in [6.45, 7) is 2.03. The van der Waals surface area contributed by atoms with Gasteiger partial charge in [-0.1, -0.05) is 73.7 Å². The zero-order valence-corrected chi connectivity index (χ0v) is 15.7. The van der Waals surface area contributed by atoms with Crippen molar-refractivity contribution in [2.45, 2.75) is 18.2 Å². The number of sulfone groups is 1. The van der Waals surface area contributed by atoms with Gasteiger partial charge in [0.2, 0.25) is 15.6 Å². The fourth-order valence-electron chi connectivity index (χ4n) is 3.44. The molecule has 0 aliphatic heterocycles. The molecule has 3 nitrogen and oxygen atoms in total. The average molecular weight is 374 g/mol. The lowest BCUT2D eigenvalue weighted by Gasteiger charge is -2.10. The molecule has 0 heterocycles. The number of hydrogen-bond donors (Lipinski definition) is 0. The van der Waals surface area contributed by atoms with Crippen molar-refractivity contribution in [3.8, 4) is 0 Å². The lowest BCUT2D eigenvalue weighted by Crippen LogP contribution is -2.12. The standard InChI is InChI=1S/C23H18O3S/c1-2-16-13-14-19-20(15-16)21(17-9-5-3-6-10-17)23(22(19)24)27(25,26)18-11-7-4-8-12-18/h3-15H,2H2,1H3. The van der Waals surface area contributed by atoms with Crippen molar-refractivity contribution in [3.05, 3.63) is 106 Å². The molecule has 3 aromatic rings. The highest BCUT2D eigenvalue weighted by atomic mass is 32.2. The number of allylic oxidation sites excluding steroid dienone is 1. The number of carbonyl (C=O) groups excluding carboxylic acids is 1. The number of hydrogen-bond acceptors (Lipinski definition) is 3. The van der Waals surface area contributed by atoms with Gasteiger partial charge < -0.3 is 0 Å². The summed E-state index contributed by atoms with van der Waals surface area (Å²) >= 11 is 0. The van der Waals surface area contributed by atoms with E-state index in [1.807, 2.05) is 49.4 Å². The van der Waals surface area contributed by atoms with Crippen molar-refractivity contribution in [2.75, 3.05) is 0 Å². The molecule has 0 bridgehead atoms. The van der Waals surface area contributed by atoms with Gasteiger partial charge in [0.25, 0.3) is 0 Å². The largest absolute Gasteiger partial charge is 0.288 e. The first kappa shape index (κ1) is 17.4. The van der Waals surface area contributed by atoms with Gasteiger partial charge in [0.1, 0.15) is 4.91 Å². The van der Waals surface area contributed by atoms with Crippen LogP contribution in [-0.4, -0.2) is 14.2 Å². The summed E-state index contributed by atoms with van der Waals surface area (Å²) < 4.78 is 26.7. The number of fused-ring (bicyclic) bond motifs is 1. The molecule has 0 atom stereocenters. The molecule has 0 saturated carbocycles. The Bertz CT molecular complexity index is 1160. The molecule has 0 fully saturated rings. The quantitative estimate of drug-likeness (QED) is 0.666. The first-order valence-electron chi connectivity index (χ1n) is 8.82. The summed E-state index contributed by atoms with van der Waals surface area (Å²) in [5.41, 5.74) is 3.43. The normalized spacial score (nSPS) is 13.7. The van der Waals surface area contributed by atoms with E-state index in [0.29, 0.717) is 16.7 Å². The second-order valence-electron chi connectivity index (χ2n) is 6.45. The number of rotatable bonds is 4. The minimum Gasteiger partial charge on any atom is -0.288 e. The van der Waals surface area contributed by atoms with Crippen LogP contribution in [0.25, 0.3) is 5.57 Å². The summed E-state index contributed by atoms with van der Waals surface area (Å²) in [4.78, 5) is 13.2. The molecule has 0 unspecified atom stereocenters. The van der Waals surface area contributed by atoms with Gasteiger partial charge in [-0.2, -0.15) is 0 Å². The average Bonchev–Trinajstić information content (AvgIpc) is 3.02. The van der Waals surface area contributed by atoms with Crippen molar-refractivity contribution in [1.82, 2.24) is 0 Å². The maximum Gasteiger partial charge on any atom is 0.211 e. The molecular formula is C23H18O3S. The molecule has 4 rings (SSSR count). The van der Waals surface area contributed by atoms with E-state index in [9.17, 15) is 13.2 Å². The number of benzene rings is 3. The molecule has 1 aliphatic carbocycles. The summed E-state index contributed by atoms with van der Waals surface area (Å²) in [5, 5.41) is 0. The molecular weight excluding hydrogens is 356 g/mol. The molecule has 27 heavy (non-hydrogen) atoms. The van der Waals surface area contributed by atoms with E-state index in [1.165, 1.54) is 12.1 Å². The fourth-order valence-corrected chi connectivity index (χ4v) is 5.04. The lowest BCUT2D eigenvalue weighted by molar-refractivity contribution is 0.104. The Morgan fingerprint density at radius 2 is 1.41 bits per heavy atom. The first-order valence-corrected chi connectivity index (χ1v) is 10.3. The minimum absolute atomic E-state index is 0.130. The predicted molar refractivity (Wildman–Crippen MR) is 106 cm³/mol. The van der Waals surface area contributed by atoms with Crippen LogP contribution in [0, 0.1) is 0 Å². The third-order valence-electron chi connectivity index (χ3n) is 4.82. The number of aryl methyl sites for hydroxylation is 1. The zero-order chi connectivity index (χ0) is 19.0. The maximum absolute atomic E-state index is 13.4. The fraction of sp³-hybridized carbons (Fsp3) is 0.0870. The lowest BCUT2D eigenvalue weighted by atomic mass is 9.96. The second kappa shape index (κ2) is 6.63. The molecule has 4 heteroatoms. The van der Waals surface area contributed by atoms with Crippen LogP contribution in [0.1, 0.15) is 34.0 Å². The highest BCUT2D eigenvalue weighted by Crippen LogP contribution is 2.42. The van der Waals surface area contributed by atoms with E-state index < -0.39 is 15.6 Å². The van der Waals surface area contributed by atoms with Gasteiger partial charge in [-0.05, 0) is 35.2 Å². The van der Waals surface area contributed by atoms with E-state index in [0.717, 1.165) is 17.5 Å². The molecule has 0 spiro atoms. The molecule has 1 aliphatic rings. The molecule has 0 aromatic heterocycles. The van der Waals surface area contributed by atoms with Crippen molar-refractivity contribution < 1.29 is 13.2 Å². The van der Waals surface area contributed by atoms with Crippen molar-refractivity contribution in [1.29, 1.82) is 0 Å². The van der Waals surface area contributed by atoms with Gasteiger partial charge in [0, 0.05) is 11.1 Å². The van der Waals surface area contributed by atoms with Gasteiger partial charge in [0.15, 0.2) is 0 Å². The number of ketones is 1. The van der Waals surface area contributed by atoms with E-state index in [1.54, 1.807) is 24.3 Å². The second-order valence-corrected chi connectivity index (χ2v) is 8.34. The highest BCUT2D eigenvalue weighted by molar-refractivity contribution is 7.96. The Balaban J connectivity index is 2.06. The van der Waals surface area contributed by atoms with Crippen LogP contribution < -0.4 is 0 Å². The predicted octanol–water partition coefficient (Wildman–Crippen LogP) is 4.68. The molecule has 3 aromatic carbocycles. The first-order chi connectivity index (χ1) is 13.0. The topological polar surface area (TPSA) is 51.2 Å². The van der Waals surface area contributed by atoms with E-state index in [2.05, 4.69) is 0 Å². The van der Waals surface area contributed by atoms with Crippen LogP contribution >= 0.6 is 0 Å². The minimum atomic E-state index is -3.94. The third kappa shape index (κ3) is 2.82. The summed E-state index contributed by atoms with van der Waals surface area (Å²) in [7, 11) is -3.94. The summed E-state index contributed by atoms with van der Waals surface area (Å²) in [6, 6.07) is 23.0. The Morgan fingerprint density at radius 3 is 2.04 bits per heavy atom. The van der Waals surface area contributed by atoms with Crippen LogP contribution in [-0.2, 0) is 16.3 Å². The van der Waals surface area contributed by atoms with Crippen molar-refractivity contribution in [3.63, 3.8) is 0 Å². The van der Waals surface area contributed by atoms with Crippen molar-refractivity contribution in [2.24, 2.45) is 0 Å². The van der Waals surface area contributed by atoms with Gasteiger partial charge in [0.05, 0.1) is 4.90 Å². The molecule has 0 N–H and O–H groups in total. The van der Waals surface area contributed by atoms with E-state index in [-0.39, 0.29) is 9.80 Å². The molecule has 0 amide bonds. The Morgan fingerprint density at radius 1 is 0.778 bits per heavy atom. The molecule has 134 valence electrons. The monoisotopic (exact) mass is 374 g/mol. The Kier molecular flexibility index (Phi) is 4.28. The SMILES string of the molecule is CCc1ccc2c(c1)C(c1ccccc1)=C(S(=O)(=O)c1ccccc1)C2=O. The van der Waals surface area contributed by atoms with E-state index >= 15 is 0 Å². The number of carbonyl (C=O) groups is 1. The van der Waals surface area contributed by atoms with Crippen molar-refractivity contribution >= 4 is 21.2 Å². The number of Topliss-reactive ketones (excluding diaryl/α,β-unsaturated/α-hetero) is 1. The highest BCUT2D eigenvalue weighted by Gasteiger charge is 2.39. The van der Waals surface area contributed by atoms with Gasteiger partial charge in [-0.3, -0.25) is 4.79 Å². The van der Waals surface area contributed by atoms with Gasteiger partial charge >= 0.3 is 0 Å². The van der Waals surface area contributed by atoms with Gasteiger partial charge in [-0.15, -0.1) is 0 Å². The van der Waals surface area contributed by atoms with Crippen LogP contribution in [0.4, 0.5) is 0 Å². The Hall–Kier alpha value is -2.98. The molecule has 0 radical (unpaired) electrons. The van der Waals surface area contributed by atoms with Crippen LogP contribution in [0.3, 0.4) is 0 Å². The van der Waals surface area contributed by atoms with Crippen LogP contribution in [0.15, 0.2) is 88.7 Å². The third-order valence-corrected chi connectivity index (χ3v) is 6.64. The van der Waals surface area contributed by atoms with Gasteiger partial charge in [-0.25, -0.2) is 8.42 Å². The smallest absolute Gasteiger partial charge is 0.211 e. The molecule has 0 saturated heterocycles. The Labute approximate surface area is 158 Å². The zero-order valence-electron chi connectivity index (χ0n) is 14.8. The summed E-state index contributed by atoms with van der Waals surface area (Å²) in [5.74, 6) is -0.435.